The molecule has 0 amide bonds. The first-order chi connectivity index (χ1) is 16.3. The fourth-order valence-electron chi connectivity index (χ4n) is 4.86. The van der Waals surface area contributed by atoms with Gasteiger partial charge in [0, 0.05) is 18.3 Å². The summed E-state index contributed by atoms with van der Waals surface area (Å²) < 4.78 is 36.9. The number of hydrogen-bond acceptors (Lipinski definition) is 7. The van der Waals surface area contributed by atoms with Crippen LogP contribution in [-0.4, -0.2) is 68.6 Å². The Hall–Kier alpha value is -2.72. The molecule has 0 saturated carbocycles. The average molecular weight is 485 g/mol. The first-order valence-electron chi connectivity index (χ1n) is 12.0. The quantitative estimate of drug-likeness (QED) is 0.547. The molecule has 0 unspecified atom stereocenters. The van der Waals surface area contributed by atoms with E-state index in [1.54, 1.807) is 18.2 Å². The molecule has 2 aliphatic rings. The number of fused-ring (bicyclic) bond motifs is 3. The maximum absolute atomic E-state index is 13.6. The fourth-order valence-corrected chi connectivity index (χ4v) is 6.61. The fraction of sp³-hybridized carbons (Fsp3) is 0.542. The van der Waals surface area contributed by atoms with Crippen molar-refractivity contribution in [2.24, 2.45) is 0 Å². The number of rotatable bonds is 5. The molecule has 10 heteroatoms. The van der Waals surface area contributed by atoms with Crippen LogP contribution < -0.4 is 4.74 Å². The zero-order chi connectivity index (χ0) is 24.0. The molecule has 0 spiro atoms. The van der Waals surface area contributed by atoms with Gasteiger partial charge in [-0.15, -0.1) is 0 Å². The Morgan fingerprint density at radius 2 is 1.79 bits per heavy atom. The zero-order valence-corrected chi connectivity index (χ0v) is 21.0. The van der Waals surface area contributed by atoms with Crippen LogP contribution in [-0.2, 0) is 16.4 Å². The van der Waals surface area contributed by atoms with Crippen LogP contribution in [0.5, 0.6) is 5.75 Å². The minimum atomic E-state index is -3.46. The van der Waals surface area contributed by atoms with Gasteiger partial charge in [0.25, 0.3) is 0 Å². The Bertz CT molecular complexity index is 1290. The number of imidazole rings is 1. The summed E-state index contributed by atoms with van der Waals surface area (Å²) in [6, 6.07) is 5.77. The van der Waals surface area contributed by atoms with E-state index >= 15 is 0 Å². The topological polar surface area (TPSA) is 95.1 Å². The van der Waals surface area contributed by atoms with Gasteiger partial charge < -0.3 is 14.2 Å². The number of nitrogens with zero attached hydrogens (tertiary/aromatic N) is 6. The van der Waals surface area contributed by atoms with Crippen LogP contribution in [0.15, 0.2) is 35.6 Å². The van der Waals surface area contributed by atoms with Crippen LogP contribution >= 0.6 is 0 Å². The molecular formula is C24H32N6O3S. The third kappa shape index (κ3) is 4.02. The summed E-state index contributed by atoms with van der Waals surface area (Å²) in [4.78, 5) is 11.9. The number of piperidine rings is 1. The lowest BCUT2D eigenvalue weighted by atomic mass is 10.1. The smallest absolute Gasteiger partial charge is 0.181 e. The van der Waals surface area contributed by atoms with Gasteiger partial charge in [0.05, 0.1) is 22.3 Å². The zero-order valence-electron chi connectivity index (χ0n) is 20.2. The second-order valence-electron chi connectivity index (χ2n) is 9.65. The number of sulfone groups is 1. The largest absolute Gasteiger partial charge is 0.491 e. The van der Waals surface area contributed by atoms with Crippen LogP contribution in [0.1, 0.15) is 46.6 Å². The van der Waals surface area contributed by atoms with Crippen molar-refractivity contribution in [2.75, 3.05) is 19.7 Å². The van der Waals surface area contributed by atoms with E-state index < -0.39 is 9.84 Å². The van der Waals surface area contributed by atoms with Gasteiger partial charge in [0.2, 0.25) is 0 Å². The van der Waals surface area contributed by atoms with Crippen molar-refractivity contribution in [1.29, 1.82) is 0 Å². The summed E-state index contributed by atoms with van der Waals surface area (Å²) in [7, 11) is -3.46. The lowest BCUT2D eigenvalue weighted by molar-refractivity contribution is 0.186. The summed E-state index contributed by atoms with van der Waals surface area (Å²) in [5, 5.41) is 3.96. The molecule has 9 nitrogen and oxygen atoms in total. The second kappa shape index (κ2) is 8.81. The van der Waals surface area contributed by atoms with Crippen molar-refractivity contribution in [2.45, 2.75) is 69.3 Å². The van der Waals surface area contributed by atoms with Crippen molar-refractivity contribution >= 4 is 9.84 Å². The molecular weight excluding hydrogens is 452 g/mol. The highest BCUT2D eigenvalue weighted by molar-refractivity contribution is 7.92. The predicted octanol–water partition coefficient (Wildman–Crippen LogP) is 3.43. The Morgan fingerprint density at radius 1 is 1.03 bits per heavy atom. The van der Waals surface area contributed by atoms with Crippen LogP contribution in [0.2, 0.25) is 0 Å². The molecule has 1 fully saturated rings. The molecule has 0 aliphatic carbocycles. The average Bonchev–Trinajstić information content (AvgIpc) is 3.43. The van der Waals surface area contributed by atoms with E-state index in [0.717, 1.165) is 13.1 Å². The molecule has 0 bridgehead atoms. The van der Waals surface area contributed by atoms with Gasteiger partial charge in [0.1, 0.15) is 30.2 Å². The van der Waals surface area contributed by atoms with Gasteiger partial charge in [-0.05, 0) is 71.8 Å². The molecule has 2 aromatic heterocycles. The molecule has 34 heavy (non-hydrogen) atoms. The summed E-state index contributed by atoms with van der Waals surface area (Å²) in [5.41, 5.74) is 1.41. The number of aromatic nitrogens is 5. The molecule has 1 saturated heterocycles. The first-order valence-corrected chi connectivity index (χ1v) is 13.5. The van der Waals surface area contributed by atoms with Crippen LogP contribution in [0.25, 0.3) is 22.9 Å². The Morgan fingerprint density at radius 3 is 2.50 bits per heavy atom. The third-order valence-corrected chi connectivity index (χ3v) is 9.08. The monoisotopic (exact) mass is 484 g/mol. The summed E-state index contributed by atoms with van der Waals surface area (Å²) in [6.07, 6.45) is 4.78. The number of hydrogen-bond donors (Lipinski definition) is 0. The Balaban J connectivity index is 1.51. The SMILES string of the molecule is CC(C)N1CCC(S(=O)(=O)c2ccc3c(c2)-c2nc(-c4ncnn4C(C)C)cn2CCO3)CC1. The molecule has 0 N–H and O–H groups in total. The summed E-state index contributed by atoms with van der Waals surface area (Å²) in [6.45, 7) is 11.1. The first kappa shape index (κ1) is 23.0. The van der Waals surface area contributed by atoms with E-state index in [9.17, 15) is 8.42 Å². The highest BCUT2D eigenvalue weighted by Gasteiger charge is 2.33. The van der Waals surface area contributed by atoms with E-state index in [1.165, 1.54) is 6.33 Å². The van der Waals surface area contributed by atoms with Gasteiger partial charge in [-0.1, -0.05) is 0 Å². The van der Waals surface area contributed by atoms with Crippen LogP contribution in [0.4, 0.5) is 0 Å². The van der Waals surface area contributed by atoms with Crippen LogP contribution in [0, 0.1) is 0 Å². The van der Waals surface area contributed by atoms with Crippen molar-refractivity contribution in [1.82, 2.24) is 29.2 Å². The molecule has 4 heterocycles. The number of ether oxygens (including phenoxy) is 1. The van der Waals surface area contributed by atoms with E-state index in [-0.39, 0.29) is 11.3 Å². The van der Waals surface area contributed by atoms with Gasteiger partial charge >= 0.3 is 0 Å². The standard InChI is InChI=1S/C24H32N6O3S/c1-16(2)28-9-7-18(8-10-28)34(31,32)19-5-6-22-20(13-19)23-27-21(14-29(23)11-12-33-22)24-25-15-26-30(24)17(3)4/h5-6,13-18H,7-12H2,1-4H3. The minimum absolute atomic E-state index is 0.147. The molecule has 182 valence electrons. The third-order valence-electron chi connectivity index (χ3n) is 6.82. The Labute approximate surface area is 200 Å². The highest BCUT2D eigenvalue weighted by Crippen LogP contribution is 2.37. The molecule has 3 aromatic rings. The second-order valence-corrected chi connectivity index (χ2v) is 11.9. The van der Waals surface area contributed by atoms with Crippen molar-refractivity contribution in [3.05, 3.63) is 30.7 Å². The maximum Gasteiger partial charge on any atom is 0.181 e. The van der Waals surface area contributed by atoms with Crippen molar-refractivity contribution < 1.29 is 13.2 Å². The number of benzene rings is 1. The predicted molar refractivity (Wildman–Crippen MR) is 129 cm³/mol. The van der Waals surface area contributed by atoms with E-state index in [4.69, 9.17) is 9.72 Å². The highest BCUT2D eigenvalue weighted by atomic mass is 32.2. The molecule has 5 rings (SSSR count). The summed E-state index contributed by atoms with van der Waals surface area (Å²) in [5.74, 6) is 2.03. The lowest BCUT2D eigenvalue weighted by Gasteiger charge is -2.34. The molecule has 0 radical (unpaired) electrons. The van der Waals surface area contributed by atoms with Gasteiger partial charge in [-0.2, -0.15) is 5.10 Å². The van der Waals surface area contributed by atoms with Gasteiger partial charge in [0.15, 0.2) is 15.7 Å². The Kier molecular flexibility index (Phi) is 5.97. The number of likely N-dealkylation sites (tertiary alicyclic amines) is 1. The van der Waals surface area contributed by atoms with Gasteiger partial charge in [-0.25, -0.2) is 23.1 Å². The van der Waals surface area contributed by atoms with Crippen LogP contribution in [0.3, 0.4) is 0 Å². The molecule has 2 aliphatic heterocycles. The van der Waals surface area contributed by atoms with Gasteiger partial charge in [-0.3, -0.25) is 0 Å². The lowest BCUT2D eigenvalue weighted by Crippen LogP contribution is -2.42. The minimum Gasteiger partial charge on any atom is -0.491 e. The van der Waals surface area contributed by atoms with E-state index in [2.05, 4.69) is 28.8 Å². The summed E-state index contributed by atoms with van der Waals surface area (Å²) >= 11 is 0. The van der Waals surface area contributed by atoms with E-state index in [0.29, 0.717) is 65.6 Å². The van der Waals surface area contributed by atoms with Crippen molar-refractivity contribution in [3.8, 4) is 28.7 Å². The molecule has 0 atom stereocenters. The van der Waals surface area contributed by atoms with E-state index in [1.807, 2.05) is 29.3 Å². The maximum atomic E-state index is 13.6. The molecule has 1 aromatic carbocycles. The normalized spacial score (nSPS) is 17.5. The van der Waals surface area contributed by atoms with Crippen molar-refractivity contribution in [3.63, 3.8) is 0 Å².